The molecule has 6 heteroatoms. The first-order valence-electron chi connectivity index (χ1n) is 4.60. The Morgan fingerprint density at radius 3 is 1.36 bits per heavy atom. The molecule has 0 radical (unpaired) electrons. The van der Waals surface area contributed by atoms with E-state index in [-0.39, 0.29) is 12.8 Å². The number of sulfone groups is 2. The van der Waals surface area contributed by atoms with Crippen LogP contribution in [0.15, 0.2) is 0 Å². The zero-order chi connectivity index (χ0) is 11.0. The van der Waals surface area contributed by atoms with Crippen molar-refractivity contribution in [1.82, 2.24) is 0 Å². The van der Waals surface area contributed by atoms with Crippen molar-refractivity contribution < 1.29 is 16.8 Å². The van der Waals surface area contributed by atoms with E-state index >= 15 is 0 Å². The number of rotatable bonds is 2. The summed E-state index contributed by atoms with van der Waals surface area (Å²) in [6.07, 6.45) is 4.85. The highest BCUT2D eigenvalue weighted by atomic mass is 32.3. The average molecular weight is 240 g/mol. The third-order valence-electron chi connectivity index (χ3n) is 2.97. The average Bonchev–Trinajstić information content (AvgIpc) is 2.02. The highest BCUT2D eigenvalue weighted by molar-refractivity contribution is 8.09. The molecule has 1 aliphatic carbocycles. The van der Waals surface area contributed by atoms with Gasteiger partial charge >= 0.3 is 0 Å². The largest absolute Gasteiger partial charge is 0.227 e. The summed E-state index contributed by atoms with van der Waals surface area (Å²) in [5, 5.41) is 0. The highest BCUT2D eigenvalue weighted by Crippen LogP contribution is 2.38. The Balaban J connectivity index is 3.30. The molecule has 1 aliphatic rings. The van der Waals surface area contributed by atoms with E-state index in [1.165, 1.54) is 0 Å². The second-order valence-electron chi connectivity index (χ2n) is 4.02. The molecule has 14 heavy (non-hydrogen) atoms. The van der Waals surface area contributed by atoms with Gasteiger partial charge in [-0.05, 0) is 12.8 Å². The third-order valence-corrected chi connectivity index (χ3v) is 8.30. The van der Waals surface area contributed by atoms with Gasteiger partial charge in [0, 0.05) is 12.5 Å². The van der Waals surface area contributed by atoms with Gasteiger partial charge in [0.15, 0.2) is 23.8 Å². The first-order chi connectivity index (χ1) is 6.21. The van der Waals surface area contributed by atoms with Crippen LogP contribution in [0.2, 0.25) is 0 Å². The molecule has 0 aromatic heterocycles. The normalized spacial score (nSPS) is 23.3. The van der Waals surface area contributed by atoms with Crippen molar-refractivity contribution in [2.45, 2.75) is 36.2 Å². The topological polar surface area (TPSA) is 68.3 Å². The van der Waals surface area contributed by atoms with E-state index in [4.69, 9.17) is 0 Å². The van der Waals surface area contributed by atoms with Crippen LogP contribution < -0.4 is 0 Å². The second kappa shape index (κ2) is 3.48. The fourth-order valence-electron chi connectivity index (χ4n) is 2.11. The summed E-state index contributed by atoms with van der Waals surface area (Å²) >= 11 is 0. The van der Waals surface area contributed by atoms with Gasteiger partial charge in [0.1, 0.15) is 0 Å². The van der Waals surface area contributed by atoms with Crippen LogP contribution in [0.4, 0.5) is 0 Å². The Labute approximate surface area is 85.5 Å². The minimum absolute atomic E-state index is 0.255. The molecule has 1 rings (SSSR count). The third kappa shape index (κ3) is 1.82. The standard InChI is InChI=1S/C8H16O4S2/c1-13(9,10)8(14(2,11)12)6-4-3-5-7-8/h3-7H2,1-2H3. The van der Waals surface area contributed by atoms with Crippen molar-refractivity contribution in [3.8, 4) is 0 Å². The lowest BCUT2D eigenvalue weighted by molar-refractivity contribution is 0.439. The second-order valence-corrected chi connectivity index (χ2v) is 8.93. The molecule has 0 unspecified atom stereocenters. The minimum atomic E-state index is -3.53. The summed E-state index contributed by atoms with van der Waals surface area (Å²) < 4.78 is 44.8. The molecule has 84 valence electrons. The van der Waals surface area contributed by atoms with E-state index in [1.807, 2.05) is 0 Å². The predicted molar refractivity (Wildman–Crippen MR) is 55.5 cm³/mol. The first-order valence-corrected chi connectivity index (χ1v) is 8.38. The number of hydrogen-bond donors (Lipinski definition) is 0. The maximum Gasteiger partial charge on any atom is 0.172 e. The Morgan fingerprint density at radius 2 is 1.14 bits per heavy atom. The Kier molecular flexibility index (Phi) is 2.98. The molecule has 4 nitrogen and oxygen atoms in total. The molecule has 0 spiro atoms. The molecule has 0 heterocycles. The molecular formula is C8H16O4S2. The molecular weight excluding hydrogens is 224 g/mol. The van der Waals surface area contributed by atoms with Gasteiger partial charge in [-0.15, -0.1) is 0 Å². The number of hydrogen-bond acceptors (Lipinski definition) is 4. The fraction of sp³-hybridized carbons (Fsp3) is 1.00. The van der Waals surface area contributed by atoms with E-state index in [9.17, 15) is 16.8 Å². The molecule has 0 aromatic carbocycles. The zero-order valence-corrected chi connectivity index (χ0v) is 10.1. The molecule has 1 saturated carbocycles. The summed E-state index contributed by atoms with van der Waals surface area (Å²) in [7, 11) is -7.07. The highest BCUT2D eigenvalue weighted by Gasteiger charge is 2.50. The lowest BCUT2D eigenvalue weighted by atomic mass is 10.00. The fourth-order valence-corrected chi connectivity index (χ4v) is 6.37. The van der Waals surface area contributed by atoms with Crippen LogP contribution in [0, 0.1) is 0 Å². The van der Waals surface area contributed by atoms with Gasteiger partial charge < -0.3 is 0 Å². The molecule has 0 amide bonds. The van der Waals surface area contributed by atoms with Gasteiger partial charge in [0.05, 0.1) is 0 Å². The van der Waals surface area contributed by atoms with Gasteiger partial charge in [-0.2, -0.15) is 0 Å². The summed E-state index contributed by atoms with van der Waals surface area (Å²) in [5.74, 6) is 0. The van der Waals surface area contributed by atoms with Crippen LogP contribution in [0.1, 0.15) is 32.1 Å². The summed E-state index contributed by atoms with van der Waals surface area (Å²) in [4.78, 5) is 0. The lowest BCUT2D eigenvalue weighted by Crippen LogP contribution is -2.46. The van der Waals surface area contributed by atoms with E-state index < -0.39 is 23.8 Å². The van der Waals surface area contributed by atoms with Crippen LogP contribution in [0.3, 0.4) is 0 Å². The molecule has 0 atom stereocenters. The van der Waals surface area contributed by atoms with E-state index in [0.717, 1.165) is 18.9 Å². The van der Waals surface area contributed by atoms with Crippen LogP contribution in [-0.4, -0.2) is 33.4 Å². The quantitative estimate of drug-likeness (QED) is 0.714. The van der Waals surface area contributed by atoms with Crippen LogP contribution >= 0.6 is 0 Å². The Morgan fingerprint density at radius 1 is 0.786 bits per heavy atom. The van der Waals surface area contributed by atoms with Crippen LogP contribution in [0.5, 0.6) is 0 Å². The summed E-state index contributed by atoms with van der Waals surface area (Å²) in [6.45, 7) is 0. The lowest BCUT2D eigenvalue weighted by Gasteiger charge is -2.33. The van der Waals surface area contributed by atoms with Crippen molar-refractivity contribution in [3.63, 3.8) is 0 Å². The smallest absolute Gasteiger partial charge is 0.172 e. The van der Waals surface area contributed by atoms with Gasteiger partial charge in [0.25, 0.3) is 0 Å². The van der Waals surface area contributed by atoms with E-state index in [2.05, 4.69) is 0 Å². The van der Waals surface area contributed by atoms with Gasteiger partial charge in [-0.3, -0.25) is 0 Å². The van der Waals surface area contributed by atoms with E-state index in [0.29, 0.717) is 12.8 Å². The van der Waals surface area contributed by atoms with Crippen LogP contribution in [-0.2, 0) is 19.7 Å². The van der Waals surface area contributed by atoms with Gasteiger partial charge in [-0.25, -0.2) is 16.8 Å². The van der Waals surface area contributed by atoms with Crippen LogP contribution in [0.25, 0.3) is 0 Å². The predicted octanol–water partition coefficient (Wildman–Crippen LogP) is 0.736. The summed E-state index contributed by atoms with van der Waals surface area (Å²) in [6, 6.07) is 0. The molecule has 1 fully saturated rings. The zero-order valence-electron chi connectivity index (χ0n) is 8.49. The molecule has 0 saturated heterocycles. The maximum atomic E-state index is 11.6. The van der Waals surface area contributed by atoms with Crippen molar-refractivity contribution in [2.75, 3.05) is 12.5 Å². The van der Waals surface area contributed by atoms with Crippen molar-refractivity contribution in [2.24, 2.45) is 0 Å². The van der Waals surface area contributed by atoms with Crippen molar-refractivity contribution in [3.05, 3.63) is 0 Å². The SMILES string of the molecule is CS(=O)(=O)C1(S(C)(=O)=O)CCCCC1. The monoisotopic (exact) mass is 240 g/mol. The van der Waals surface area contributed by atoms with E-state index in [1.54, 1.807) is 0 Å². The van der Waals surface area contributed by atoms with Crippen molar-refractivity contribution >= 4 is 19.7 Å². The van der Waals surface area contributed by atoms with Gasteiger partial charge in [0.2, 0.25) is 0 Å². The summed E-state index contributed by atoms with van der Waals surface area (Å²) in [5.41, 5.74) is 0. The Bertz CT molecular complexity index is 365. The maximum absolute atomic E-state index is 11.6. The Hall–Kier alpha value is -0.100. The molecule has 0 aromatic rings. The molecule has 0 N–H and O–H groups in total. The molecule has 0 bridgehead atoms. The minimum Gasteiger partial charge on any atom is -0.227 e. The first kappa shape index (κ1) is 12.0. The van der Waals surface area contributed by atoms with Gasteiger partial charge in [-0.1, -0.05) is 19.3 Å². The van der Waals surface area contributed by atoms with Crippen molar-refractivity contribution in [1.29, 1.82) is 0 Å². The molecule has 0 aliphatic heterocycles.